The molecule has 0 radical (unpaired) electrons. The van der Waals surface area contributed by atoms with Gasteiger partial charge in [0.1, 0.15) is 5.37 Å². The second kappa shape index (κ2) is 12.4. The van der Waals surface area contributed by atoms with Crippen molar-refractivity contribution in [3.05, 3.63) is 186 Å². The number of aryl methyl sites for hydroxylation is 2. The average molecular weight is 637 g/mol. The SMILES string of the molecule is C1=CCC(c2ccc(N(c3ccc(-c4ccccc4)cc3)c3ccc4c(c3)CCc3ccc5c(c3-4)NC(c3ccccc3)S5)cc2)C=C1. The number of benzene rings is 6. The van der Waals surface area contributed by atoms with E-state index >= 15 is 0 Å². The van der Waals surface area contributed by atoms with Crippen molar-refractivity contribution in [3.63, 3.8) is 0 Å². The number of hydrogen-bond donors (Lipinski definition) is 1. The van der Waals surface area contributed by atoms with Crippen molar-refractivity contribution in [2.75, 3.05) is 10.2 Å². The van der Waals surface area contributed by atoms with E-state index in [1.165, 1.54) is 66.5 Å². The minimum Gasteiger partial charge on any atom is -0.368 e. The molecule has 0 aromatic heterocycles. The Morgan fingerprint density at radius 3 is 2.02 bits per heavy atom. The van der Waals surface area contributed by atoms with E-state index in [-0.39, 0.29) is 5.37 Å². The summed E-state index contributed by atoms with van der Waals surface area (Å²) in [6.45, 7) is 0. The number of nitrogens with zero attached hydrogens (tertiary/aromatic N) is 1. The van der Waals surface area contributed by atoms with E-state index in [1.807, 2.05) is 11.8 Å². The maximum Gasteiger partial charge on any atom is 0.103 e. The largest absolute Gasteiger partial charge is 0.368 e. The predicted octanol–water partition coefficient (Wildman–Crippen LogP) is 12.4. The lowest BCUT2D eigenvalue weighted by atomic mass is 9.84. The Bertz CT molecular complexity index is 2150. The van der Waals surface area contributed by atoms with Crippen molar-refractivity contribution < 1.29 is 0 Å². The van der Waals surface area contributed by atoms with Gasteiger partial charge in [-0.15, -0.1) is 0 Å². The summed E-state index contributed by atoms with van der Waals surface area (Å²) >= 11 is 1.92. The minimum atomic E-state index is 0.231. The van der Waals surface area contributed by atoms with Crippen molar-refractivity contribution in [1.82, 2.24) is 0 Å². The van der Waals surface area contributed by atoms with Gasteiger partial charge in [0.05, 0.1) is 5.69 Å². The van der Waals surface area contributed by atoms with Crippen LogP contribution in [0.15, 0.2) is 169 Å². The Morgan fingerprint density at radius 1 is 0.583 bits per heavy atom. The van der Waals surface area contributed by atoms with Crippen molar-refractivity contribution >= 4 is 34.5 Å². The summed E-state index contributed by atoms with van der Waals surface area (Å²) in [6, 6.07) is 51.4. The van der Waals surface area contributed by atoms with Crippen LogP contribution in [-0.2, 0) is 12.8 Å². The van der Waals surface area contributed by atoms with Crippen LogP contribution in [0.25, 0.3) is 22.3 Å². The fraction of sp³-hybridized carbons (Fsp3) is 0.111. The van der Waals surface area contributed by atoms with Gasteiger partial charge in [-0.1, -0.05) is 133 Å². The Hall–Kier alpha value is -5.25. The minimum absolute atomic E-state index is 0.231. The first kappa shape index (κ1) is 28.9. The van der Waals surface area contributed by atoms with Crippen LogP contribution in [0, 0.1) is 0 Å². The van der Waals surface area contributed by atoms with Crippen LogP contribution >= 0.6 is 11.8 Å². The van der Waals surface area contributed by atoms with E-state index in [0.717, 1.165) is 24.9 Å². The van der Waals surface area contributed by atoms with Gasteiger partial charge in [-0.05, 0) is 101 Å². The van der Waals surface area contributed by atoms with Gasteiger partial charge in [0.25, 0.3) is 0 Å². The summed E-state index contributed by atoms with van der Waals surface area (Å²) < 4.78 is 0. The molecule has 2 aliphatic carbocycles. The van der Waals surface area contributed by atoms with Gasteiger partial charge in [-0.25, -0.2) is 0 Å². The zero-order valence-electron chi connectivity index (χ0n) is 26.7. The summed E-state index contributed by atoms with van der Waals surface area (Å²) in [6.07, 6.45) is 12.0. The number of thioether (sulfide) groups is 1. The van der Waals surface area contributed by atoms with Gasteiger partial charge in [0.15, 0.2) is 0 Å². The quantitative estimate of drug-likeness (QED) is 0.196. The van der Waals surface area contributed by atoms with E-state index < -0.39 is 0 Å². The topological polar surface area (TPSA) is 15.3 Å². The Kier molecular flexibility index (Phi) is 7.48. The molecule has 0 spiro atoms. The number of fused-ring (bicyclic) bond motifs is 5. The monoisotopic (exact) mass is 636 g/mol. The number of allylic oxidation sites excluding steroid dienone is 4. The zero-order chi connectivity index (χ0) is 31.9. The molecule has 2 nitrogen and oxygen atoms in total. The van der Waals surface area contributed by atoms with Crippen LogP contribution in [0.5, 0.6) is 0 Å². The molecule has 0 fully saturated rings. The number of nitrogens with one attached hydrogen (secondary N) is 1. The predicted molar refractivity (Wildman–Crippen MR) is 204 cm³/mol. The van der Waals surface area contributed by atoms with Gasteiger partial charge in [-0.3, -0.25) is 0 Å². The number of rotatable bonds is 6. The standard InChI is InChI=1S/C45H36N2S/c1-4-10-31(11-5-1)33-18-23-38(24-19-33)47(39-25-20-34(21-26-39)32-12-6-2-7-13-32)40-27-28-41-37(30-40)17-16-35-22-29-42-44(43(35)41)46-45(48-42)36-14-8-3-9-15-36/h1-12,14-15,18-30,32,45-46H,13,16-17H2. The molecule has 0 bridgehead atoms. The van der Waals surface area contributed by atoms with Gasteiger partial charge in [0.2, 0.25) is 0 Å². The lowest BCUT2D eigenvalue weighted by Gasteiger charge is -2.29. The molecule has 3 heteroatoms. The van der Waals surface area contributed by atoms with Crippen LogP contribution in [0.1, 0.15) is 40.0 Å². The number of anilines is 4. The van der Waals surface area contributed by atoms with E-state index in [4.69, 9.17) is 0 Å². The molecule has 2 atom stereocenters. The van der Waals surface area contributed by atoms with Crippen molar-refractivity contribution in [1.29, 1.82) is 0 Å². The highest BCUT2D eigenvalue weighted by atomic mass is 32.2. The molecule has 3 aliphatic rings. The lowest BCUT2D eigenvalue weighted by Crippen LogP contribution is -2.12. The molecule has 6 aromatic carbocycles. The third-order valence-corrected chi connectivity index (χ3v) is 11.2. The molecule has 1 aliphatic heterocycles. The molecule has 6 aromatic rings. The van der Waals surface area contributed by atoms with Crippen molar-refractivity contribution in [3.8, 4) is 22.3 Å². The first-order valence-corrected chi connectivity index (χ1v) is 17.8. The van der Waals surface area contributed by atoms with E-state index in [1.54, 1.807) is 0 Å². The van der Waals surface area contributed by atoms with Gasteiger partial charge in [-0.2, -0.15) is 0 Å². The lowest BCUT2D eigenvalue weighted by molar-refractivity contribution is 0.854. The highest BCUT2D eigenvalue weighted by Crippen LogP contribution is 2.53. The van der Waals surface area contributed by atoms with Crippen LogP contribution in [0.3, 0.4) is 0 Å². The van der Waals surface area contributed by atoms with Gasteiger partial charge < -0.3 is 10.2 Å². The first-order chi connectivity index (χ1) is 23.8. The molecule has 1 N–H and O–H groups in total. The fourth-order valence-electron chi connectivity index (χ4n) is 7.47. The Balaban J connectivity index is 1.10. The smallest absolute Gasteiger partial charge is 0.103 e. The summed E-state index contributed by atoms with van der Waals surface area (Å²) in [5.41, 5.74) is 15.5. The normalized spacial score (nSPS) is 17.2. The van der Waals surface area contributed by atoms with Crippen LogP contribution in [0.4, 0.5) is 22.7 Å². The average Bonchev–Trinajstić information content (AvgIpc) is 3.61. The Morgan fingerprint density at radius 2 is 1.27 bits per heavy atom. The van der Waals surface area contributed by atoms with Gasteiger partial charge in [0, 0.05) is 33.4 Å². The van der Waals surface area contributed by atoms with Gasteiger partial charge >= 0.3 is 0 Å². The summed E-state index contributed by atoms with van der Waals surface area (Å²) in [7, 11) is 0. The summed E-state index contributed by atoms with van der Waals surface area (Å²) in [4.78, 5) is 3.75. The molecule has 48 heavy (non-hydrogen) atoms. The summed E-state index contributed by atoms with van der Waals surface area (Å²) in [5.74, 6) is 0.432. The molecule has 0 saturated heterocycles. The summed E-state index contributed by atoms with van der Waals surface area (Å²) in [5, 5.41) is 4.13. The molecule has 0 amide bonds. The Labute approximate surface area is 287 Å². The van der Waals surface area contributed by atoms with Crippen molar-refractivity contribution in [2.24, 2.45) is 0 Å². The van der Waals surface area contributed by atoms with E-state index in [2.05, 4.69) is 174 Å². The first-order valence-electron chi connectivity index (χ1n) is 16.9. The molecule has 2 unspecified atom stereocenters. The molecule has 232 valence electrons. The zero-order valence-corrected chi connectivity index (χ0v) is 27.5. The molecule has 0 saturated carbocycles. The highest BCUT2D eigenvalue weighted by molar-refractivity contribution is 8.00. The molecular weight excluding hydrogens is 601 g/mol. The second-order valence-corrected chi connectivity index (χ2v) is 14.0. The van der Waals surface area contributed by atoms with Crippen molar-refractivity contribution in [2.45, 2.75) is 35.4 Å². The maximum atomic E-state index is 3.90. The number of hydrogen-bond acceptors (Lipinski definition) is 3. The highest BCUT2D eigenvalue weighted by Gasteiger charge is 2.30. The second-order valence-electron chi connectivity index (χ2n) is 12.9. The molecular formula is C45H36N2S. The van der Waals surface area contributed by atoms with E-state index in [9.17, 15) is 0 Å². The van der Waals surface area contributed by atoms with Crippen LogP contribution < -0.4 is 10.2 Å². The van der Waals surface area contributed by atoms with Crippen LogP contribution in [-0.4, -0.2) is 0 Å². The van der Waals surface area contributed by atoms with E-state index in [0.29, 0.717) is 5.92 Å². The third kappa shape index (κ3) is 5.35. The molecule has 1 heterocycles. The maximum absolute atomic E-state index is 3.90. The van der Waals surface area contributed by atoms with Crippen LogP contribution in [0.2, 0.25) is 0 Å². The fourth-order valence-corrected chi connectivity index (χ4v) is 8.62. The third-order valence-electron chi connectivity index (χ3n) is 9.95. The molecule has 9 rings (SSSR count).